The predicted molar refractivity (Wildman–Crippen MR) is 286 cm³/mol. The second kappa shape index (κ2) is 70.8. The Labute approximate surface area is 472 Å². The summed E-state index contributed by atoms with van der Waals surface area (Å²) in [6.45, 7) is 11.7. The van der Waals surface area contributed by atoms with Gasteiger partial charge in [0.25, 0.3) is 0 Å². The molecule has 22 heteroatoms. The number of ether oxygens (including phenoxy) is 1. The Bertz CT molecular complexity index is 1360. The van der Waals surface area contributed by atoms with Gasteiger partial charge in [0, 0.05) is 21.3 Å². The number of alkyl halides is 1. The molecule has 0 heterocycles. The Kier molecular flexibility index (Phi) is 87.4. The standard InChI is InChI=1S/C14H10O3.3C7H13N.C7H6O2.CH3F.3CH4O.2CH4.6ClH.H2O.3Pt/c15-13(11-7-3-1-4-8-11)17-14(16)12-9-5-2-6-10-12;3*1-6-4-2-3-5-7(6)8;8-7(9)6-4-2-1-3-5-6;4*1-2;;;;;;;;;;;;/h1-10H;3*6-8H,1-5H2;1-5H,(H,8,9);1H3;3*2H,1H3;2*1H4;6*1H;1H2;;;/q;3*-2;;;;;;;;;;;;;;;3*+4/p-6/t;3*6-,7-;;;;;;;;;;;;;;;;;/m.111................./s1/i;;;;;1D;;;;;;;;;;;;;;;. The van der Waals surface area contributed by atoms with Crippen molar-refractivity contribution in [2.24, 2.45) is 17.8 Å². The first kappa shape index (κ1) is 86.4. The summed E-state index contributed by atoms with van der Waals surface area (Å²) >= 11 is -1.42. The number of aromatic carboxylic acids is 1. The van der Waals surface area contributed by atoms with Gasteiger partial charge in [-0.05, 0) is 36.4 Å². The zero-order chi connectivity index (χ0) is 53.6. The summed E-state index contributed by atoms with van der Waals surface area (Å²) in [7, 11) is 31.2. The molecule has 3 aromatic carbocycles. The molecule has 12 nitrogen and oxygen atoms in total. The van der Waals surface area contributed by atoms with E-state index in [-0.39, 0.29) is 38.5 Å². The van der Waals surface area contributed by atoms with Crippen molar-refractivity contribution in [2.45, 2.75) is 110 Å². The first-order valence-electron chi connectivity index (χ1n) is 20.8. The van der Waals surface area contributed by atoms with Crippen LogP contribution in [0.15, 0.2) is 91.0 Å². The normalized spacial score (nSPS) is 18.6. The van der Waals surface area contributed by atoms with Gasteiger partial charge in [-0.25, -0.2) is 14.4 Å². The van der Waals surface area contributed by atoms with E-state index in [0.717, 1.165) is 40.6 Å². The summed E-state index contributed by atoms with van der Waals surface area (Å²) < 4.78 is 20.2. The molecule has 0 unspecified atom stereocenters. The zero-order valence-corrected chi connectivity index (χ0v) is 49.8. The van der Waals surface area contributed by atoms with Crippen LogP contribution in [-0.4, -0.2) is 90.4 Å². The Balaban J connectivity index is -0.0000000904. The molecule has 0 bridgehead atoms. The number of rotatable bonds is 3. The molecule has 3 saturated carbocycles. The second-order valence-corrected chi connectivity index (χ2v) is 23.0. The number of aliphatic hydroxyl groups is 3. The van der Waals surface area contributed by atoms with Gasteiger partial charge < -0.3 is 68.6 Å². The number of carbonyl (C=O) groups excluding carboxylic acids is 2. The number of benzene rings is 3. The van der Waals surface area contributed by atoms with E-state index in [4.69, 9.17) is 100 Å². The third kappa shape index (κ3) is 57.0. The Morgan fingerprint density at radius 1 is 0.529 bits per heavy atom. The fraction of sp³-hybridized carbons (Fsp3) is 0.500. The Hall–Kier alpha value is -0.275. The molecule has 0 amide bonds. The predicted octanol–water partition coefficient (Wildman–Crippen LogP) is 15.4. The van der Waals surface area contributed by atoms with Crippen LogP contribution in [0.1, 0.15) is 124 Å². The maximum absolute atomic E-state index is 11.6. The van der Waals surface area contributed by atoms with E-state index in [1.807, 2.05) is 0 Å². The number of hydrogen-bond donors (Lipinski definition) is 4. The monoisotopic (exact) mass is 1660 g/mol. The molecule has 3 aliphatic carbocycles. The molecule has 3 fully saturated rings. The molecule has 3 aliphatic rings. The number of nitrogens with one attached hydrogen (secondary N) is 3. The molecule has 70 heavy (non-hydrogen) atoms. The molecule has 6 rings (SSSR count). The summed E-state index contributed by atoms with van der Waals surface area (Å²) in [5.74, 6) is -0.897. The van der Waals surface area contributed by atoms with Crippen LogP contribution in [0, 0.1) is 38.5 Å². The van der Waals surface area contributed by atoms with Crippen LogP contribution in [0.2, 0.25) is 0 Å². The average Bonchev–Trinajstić information content (AvgIpc) is 3.36. The maximum atomic E-state index is 11.6. The fourth-order valence-corrected chi connectivity index (χ4v) is 5.55. The number of carboxylic acids is 1. The third-order valence-corrected chi connectivity index (χ3v) is 8.95. The SMILES string of the molecule is C.C.CO.CO.CO.O.O=C(O)c1ccccc1.O=C(OC(=O)c1ccccc1)c1ccccc1.[2H]CF.[CH2-][C@@H]1CCCC[C@H]1[NH-].[CH2-][C@@H]1CCCC[C@H]1[NH-].[CH2-][C@@H]1CCCC[C@H]1[NH-].[Cl][Pt+2][Cl].[Cl][Pt+2][Cl].[Cl][Pt+2][Cl]. The molecule has 0 aromatic heterocycles. The van der Waals surface area contributed by atoms with Crippen molar-refractivity contribution >= 4 is 74.4 Å². The molecule has 3 aromatic rings. The van der Waals surface area contributed by atoms with Gasteiger partial charge >= 0.3 is 124 Å². The van der Waals surface area contributed by atoms with Crippen LogP contribution in [0.5, 0.6) is 0 Å². The summed E-state index contributed by atoms with van der Waals surface area (Å²) in [5, 5.41) is 29.4. The summed E-state index contributed by atoms with van der Waals surface area (Å²) in [4.78, 5) is 33.4. The van der Waals surface area contributed by atoms with Crippen molar-refractivity contribution in [3.8, 4) is 0 Å². The first-order chi connectivity index (χ1) is 32.6. The van der Waals surface area contributed by atoms with E-state index in [2.05, 4.69) is 20.8 Å². The molecule has 0 spiro atoms. The fourth-order valence-electron chi connectivity index (χ4n) is 5.55. The van der Waals surface area contributed by atoms with Gasteiger partial charge in [0.15, 0.2) is 0 Å². The molecule has 0 saturated heterocycles. The molecular weight excluding hydrogens is 1580 g/mol. The van der Waals surface area contributed by atoms with Crippen LogP contribution in [0.3, 0.4) is 0 Å². The van der Waals surface area contributed by atoms with Crippen molar-refractivity contribution in [1.29, 1.82) is 0 Å². The van der Waals surface area contributed by atoms with Gasteiger partial charge in [0.1, 0.15) is 0 Å². The Morgan fingerprint density at radius 3 is 0.857 bits per heavy atom. The number of carboxylic acid groups (broad SMARTS) is 1. The summed E-state index contributed by atoms with van der Waals surface area (Å²) in [6.07, 6.45) is 14.4. The van der Waals surface area contributed by atoms with E-state index in [0.29, 0.717) is 34.4 Å². The molecule has 0 radical (unpaired) electrons. The zero-order valence-electron chi connectivity index (χ0n) is 39.5. The van der Waals surface area contributed by atoms with Crippen LogP contribution in [0.25, 0.3) is 17.2 Å². The Morgan fingerprint density at radius 2 is 0.714 bits per heavy atom. The first-order valence-corrected chi connectivity index (χ1v) is 37.0. The number of hydrogen-bond acceptors (Lipinski definition) is 7. The van der Waals surface area contributed by atoms with E-state index >= 15 is 0 Å². The van der Waals surface area contributed by atoms with Crippen LogP contribution >= 0.6 is 56.5 Å². The van der Waals surface area contributed by atoms with Gasteiger partial charge in [-0.15, -0.1) is 0 Å². The van der Waals surface area contributed by atoms with Crippen LogP contribution < -0.4 is 0 Å². The minimum absolute atomic E-state index is 0. The minimum atomic E-state index is -1.00. The van der Waals surface area contributed by atoms with Crippen LogP contribution in [-0.2, 0) is 54.2 Å². The van der Waals surface area contributed by atoms with E-state index in [1.165, 1.54) is 57.8 Å². The van der Waals surface area contributed by atoms with Gasteiger partial charge in [-0.2, -0.15) is 35.9 Å². The third-order valence-electron chi connectivity index (χ3n) is 8.95. The summed E-state index contributed by atoms with van der Waals surface area (Å²) in [6, 6.07) is 25.5. The molecule has 420 valence electrons. The van der Waals surface area contributed by atoms with E-state index < -0.39 is 74.5 Å². The molecule has 6 atom stereocenters. The van der Waals surface area contributed by atoms with Crippen molar-refractivity contribution in [2.75, 3.05) is 28.5 Å². The molecule has 9 N–H and O–H groups in total. The quantitative estimate of drug-likeness (QED) is 0.111. The second-order valence-electron chi connectivity index (χ2n) is 13.2. The van der Waals surface area contributed by atoms with Gasteiger partial charge in [0.05, 0.1) is 25.2 Å². The van der Waals surface area contributed by atoms with Crippen LogP contribution in [0.4, 0.5) is 4.39 Å². The number of halogens is 7. The molecule has 0 aliphatic heterocycles. The van der Waals surface area contributed by atoms with Crippen molar-refractivity contribution in [3.05, 3.63) is 146 Å². The van der Waals surface area contributed by atoms with E-state index in [1.54, 1.807) is 91.0 Å². The average molecular weight is 1660 g/mol. The van der Waals surface area contributed by atoms with E-state index in [9.17, 15) is 18.8 Å². The molecular formula is C48H80Cl6FN3O9Pt3. The number of carbonyl (C=O) groups is 3. The van der Waals surface area contributed by atoms with Crippen molar-refractivity contribution in [3.63, 3.8) is 0 Å². The number of aliphatic hydroxyl groups excluding tert-OH is 3. The van der Waals surface area contributed by atoms with Gasteiger partial charge in [-0.3, -0.25) is 4.39 Å². The van der Waals surface area contributed by atoms with Gasteiger partial charge in [0.2, 0.25) is 0 Å². The van der Waals surface area contributed by atoms with Crippen molar-refractivity contribution < 1.29 is 100 Å². The number of esters is 2. The van der Waals surface area contributed by atoms with Gasteiger partial charge in [-0.1, -0.05) is 147 Å². The topological polar surface area (TPSA) is 244 Å². The van der Waals surface area contributed by atoms with Crippen molar-refractivity contribution in [1.82, 2.24) is 0 Å². The summed E-state index contributed by atoms with van der Waals surface area (Å²) in [5.41, 5.74) is 23.3.